The first-order chi connectivity index (χ1) is 8.18. The second-order valence-corrected chi connectivity index (χ2v) is 4.06. The monoisotopic (exact) mass is 237 g/mol. The second kappa shape index (κ2) is 5.14. The minimum atomic E-state index is -0.323. The number of aryl methyl sites for hydroxylation is 2. The van der Waals surface area contributed by atoms with Gasteiger partial charge in [-0.3, -0.25) is 4.90 Å². The van der Waals surface area contributed by atoms with Crippen LogP contribution in [0.2, 0.25) is 0 Å². The number of carbonyl (C=O) groups is 1. The van der Waals surface area contributed by atoms with E-state index in [1.807, 2.05) is 32.0 Å². The summed E-state index contributed by atoms with van der Waals surface area (Å²) >= 11 is 0. The lowest BCUT2D eigenvalue weighted by molar-refractivity contribution is -0.877. The lowest BCUT2D eigenvalue weighted by Gasteiger charge is -2.24. The molecule has 0 radical (unpaired) electrons. The predicted molar refractivity (Wildman–Crippen MR) is 60.5 cm³/mol. The highest BCUT2D eigenvalue weighted by atomic mass is 16.7. The zero-order valence-corrected chi connectivity index (χ0v) is 10.2. The molecule has 0 spiro atoms. The molecule has 1 aromatic heterocycles. The summed E-state index contributed by atoms with van der Waals surface area (Å²) in [5, 5.41) is 0. The van der Waals surface area contributed by atoms with E-state index < -0.39 is 0 Å². The van der Waals surface area contributed by atoms with Crippen molar-refractivity contribution in [1.29, 1.82) is 0 Å². The average molecular weight is 237 g/mol. The van der Waals surface area contributed by atoms with Crippen molar-refractivity contribution >= 4 is 6.09 Å². The third-order valence-corrected chi connectivity index (χ3v) is 2.75. The standard InChI is InChI=1S/C12H17N2O3/c1-10-4-3-5-11(2)14(10)17-12(15)13-6-8-16-9-7-13/h3-5H,6-9H2,1-2H3/q+1. The van der Waals surface area contributed by atoms with Crippen LogP contribution in [0.4, 0.5) is 4.79 Å². The Morgan fingerprint density at radius 1 is 1.29 bits per heavy atom. The zero-order chi connectivity index (χ0) is 12.3. The van der Waals surface area contributed by atoms with Crippen molar-refractivity contribution in [2.45, 2.75) is 13.8 Å². The lowest BCUT2D eigenvalue weighted by Crippen LogP contribution is -2.56. The maximum Gasteiger partial charge on any atom is 0.478 e. The van der Waals surface area contributed by atoms with E-state index in [1.54, 1.807) is 9.63 Å². The van der Waals surface area contributed by atoms with Gasteiger partial charge in [0.25, 0.3) is 0 Å². The Hall–Kier alpha value is -1.62. The Labute approximate surface area is 101 Å². The van der Waals surface area contributed by atoms with Gasteiger partial charge in [-0.25, -0.2) is 4.79 Å². The predicted octanol–water partition coefficient (Wildman–Crippen LogP) is 0.472. The van der Waals surface area contributed by atoms with Crippen LogP contribution in [0.15, 0.2) is 18.2 Å². The van der Waals surface area contributed by atoms with E-state index >= 15 is 0 Å². The molecule has 0 unspecified atom stereocenters. The number of hydrogen-bond acceptors (Lipinski definition) is 3. The molecular formula is C12H17N2O3+. The zero-order valence-electron chi connectivity index (χ0n) is 10.2. The summed E-state index contributed by atoms with van der Waals surface area (Å²) in [7, 11) is 0. The summed E-state index contributed by atoms with van der Waals surface area (Å²) in [4.78, 5) is 18.9. The van der Waals surface area contributed by atoms with Gasteiger partial charge in [-0.2, -0.15) is 4.84 Å². The van der Waals surface area contributed by atoms with Gasteiger partial charge >= 0.3 is 6.09 Å². The third kappa shape index (κ3) is 2.74. The SMILES string of the molecule is Cc1cccc(C)[n+]1OC(=O)N1CCOCC1. The lowest BCUT2D eigenvalue weighted by atomic mass is 10.3. The molecule has 1 aromatic rings. The molecule has 5 nitrogen and oxygen atoms in total. The molecular weight excluding hydrogens is 220 g/mol. The molecule has 0 aromatic carbocycles. The van der Waals surface area contributed by atoms with Crippen LogP contribution in [0.5, 0.6) is 0 Å². The number of pyridine rings is 1. The Balaban J connectivity index is 2.07. The van der Waals surface area contributed by atoms with Crippen LogP contribution < -0.4 is 9.57 Å². The fraction of sp³-hybridized carbons (Fsp3) is 0.500. The number of morpholine rings is 1. The van der Waals surface area contributed by atoms with Gasteiger partial charge in [-0.15, -0.1) is 0 Å². The van der Waals surface area contributed by atoms with Gasteiger partial charge in [0.15, 0.2) is 0 Å². The molecule has 17 heavy (non-hydrogen) atoms. The minimum absolute atomic E-state index is 0.323. The fourth-order valence-electron chi connectivity index (χ4n) is 1.77. The van der Waals surface area contributed by atoms with Gasteiger partial charge in [0.1, 0.15) is 0 Å². The Bertz CT molecular complexity index is 394. The van der Waals surface area contributed by atoms with E-state index in [1.165, 1.54) is 0 Å². The number of ether oxygens (including phenoxy) is 1. The third-order valence-electron chi connectivity index (χ3n) is 2.75. The number of hydrogen-bond donors (Lipinski definition) is 0. The van der Waals surface area contributed by atoms with Crippen molar-refractivity contribution in [3.05, 3.63) is 29.6 Å². The number of carbonyl (C=O) groups excluding carboxylic acids is 1. The highest BCUT2D eigenvalue weighted by molar-refractivity contribution is 5.67. The van der Waals surface area contributed by atoms with Gasteiger partial charge in [-0.1, -0.05) is 0 Å². The van der Waals surface area contributed by atoms with Crippen LogP contribution in [0.25, 0.3) is 0 Å². The molecule has 1 aliphatic rings. The van der Waals surface area contributed by atoms with Crippen molar-refractivity contribution in [3.63, 3.8) is 0 Å². The Kier molecular flexibility index (Phi) is 3.58. The van der Waals surface area contributed by atoms with E-state index in [4.69, 9.17) is 9.57 Å². The summed E-state index contributed by atoms with van der Waals surface area (Å²) in [5.74, 6) is 0. The number of aromatic nitrogens is 1. The Morgan fingerprint density at radius 3 is 2.47 bits per heavy atom. The van der Waals surface area contributed by atoms with Crippen LogP contribution >= 0.6 is 0 Å². The van der Waals surface area contributed by atoms with Crippen molar-refractivity contribution in [2.75, 3.05) is 26.3 Å². The van der Waals surface area contributed by atoms with E-state index in [2.05, 4.69) is 0 Å². The van der Waals surface area contributed by atoms with E-state index in [9.17, 15) is 4.79 Å². The highest BCUT2D eigenvalue weighted by Gasteiger charge is 2.24. The largest absolute Gasteiger partial charge is 0.478 e. The first kappa shape index (κ1) is 11.9. The van der Waals surface area contributed by atoms with Crippen molar-refractivity contribution in [3.8, 4) is 0 Å². The maximum absolute atomic E-state index is 11.9. The van der Waals surface area contributed by atoms with Crippen molar-refractivity contribution in [1.82, 2.24) is 4.90 Å². The Morgan fingerprint density at radius 2 is 1.88 bits per heavy atom. The molecule has 1 fully saturated rings. The molecule has 92 valence electrons. The smallest absolute Gasteiger partial charge is 0.378 e. The summed E-state index contributed by atoms with van der Waals surface area (Å²) in [6, 6.07) is 5.74. The van der Waals surface area contributed by atoms with Gasteiger partial charge in [-0.05, 0) is 6.07 Å². The van der Waals surface area contributed by atoms with Gasteiger partial charge in [0.05, 0.1) is 13.2 Å². The van der Waals surface area contributed by atoms with Gasteiger partial charge in [0, 0.05) is 43.8 Å². The summed E-state index contributed by atoms with van der Waals surface area (Å²) < 4.78 is 6.74. The quantitative estimate of drug-likeness (QED) is 0.667. The van der Waals surface area contributed by atoms with Crippen LogP contribution in [-0.2, 0) is 4.74 Å². The molecule has 0 saturated carbocycles. The number of nitrogens with zero attached hydrogens (tertiary/aromatic N) is 2. The second-order valence-electron chi connectivity index (χ2n) is 4.06. The van der Waals surface area contributed by atoms with E-state index in [0.717, 1.165) is 11.4 Å². The summed E-state index contributed by atoms with van der Waals surface area (Å²) in [6.45, 7) is 6.13. The normalized spacial score (nSPS) is 15.8. The van der Waals surface area contributed by atoms with Crippen LogP contribution in [0.3, 0.4) is 0 Å². The summed E-state index contributed by atoms with van der Waals surface area (Å²) in [5.41, 5.74) is 1.79. The van der Waals surface area contributed by atoms with E-state index in [-0.39, 0.29) is 6.09 Å². The minimum Gasteiger partial charge on any atom is -0.378 e. The molecule has 0 bridgehead atoms. The molecule has 1 aliphatic heterocycles. The van der Waals surface area contributed by atoms with Crippen LogP contribution in [0.1, 0.15) is 11.4 Å². The summed E-state index contributed by atoms with van der Waals surface area (Å²) in [6.07, 6.45) is -0.323. The highest BCUT2D eigenvalue weighted by Crippen LogP contribution is 1.98. The first-order valence-electron chi connectivity index (χ1n) is 5.72. The molecule has 1 saturated heterocycles. The molecule has 0 atom stereocenters. The molecule has 0 aliphatic carbocycles. The molecule has 2 heterocycles. The topological polar surface area (TPSA) is 42.7 Å². The molecule has 2 rings (SSSR count). The maximum atomic E-state index is 11.9. The molecule has 1 amide bonds. The van der Waals surface area contributed by atoms with Gasteiger partial charge < -0.3 is 4.74 Å². The van der Waals surface area contributed by atoms with Crippen molar-refractivity contribution < 1.29 is 19.1 Å². The van der Waals surface area contributed by atoms with Crippen LogP contribution in [-0.4, -0.2) is 37.3 Å². The number of amides is 1. The fourth-order valence-corrected chi connectivity index (χ4v) is 1.77. The molecule has 0 N–H and O–H groups in total. The number of rotatable bonds is 1. The molecule has 5 heteroatoms. The van der Waals surface area contributed by atoms with Gasteiger partial charge in [0.2, 0.25) is 11.4 Å². The average Bonchev–Trinajstić information content (AvgIpc) is 2.35. The van der Waals surface area contributed by atoms with E-state index in [0.29, 0.717) is 26.3 Å². The van der Waals surface area contributed by atoms with Crippen molar-refractivity contribution in [2.24, 2.45) is 0 Å². The van der Waals surface area contributed by atoms with Crippen LogP contribution in [0, 0.1) is 13.8 Å². The first-order valence-corrected chi connectivity index (χ1v) is 5.72.